The molecule has 12 heteroatoms. The zero-order valence-corrected chi connectivity index (χ0v) is 18.7. The van der Waals surface area contributed by atoms with Crippen LogP contribution in [0.5, 0.6) is 0 Å². The number of aromatic amines is 1. The standard InChI is InChI=1S/C23H23N7O5/c31-19(24-12-5-13-25-22-17-8-1-2-9-18(17)23(32)28-27-22)10-4-11-20-26-21(29-35-20)15-6-3-7-16(14-15)30(33)34/h1-3,6-9,14H,4-5,10-13H2,(H,24,31)(H,25,27)(H,28,32). The Morgan fingerprint density at radius 3 is 2.74 bits per heavy atom. The van der Waals surface area contributed by atoms with Crippen molar-refractivity contribution in [2.75, 3.05) is 18.4 Å². The number of nitro groups is 1. The lowest BCUT2D eigenvalue weighted by molar-refractivity contribution is -0.384. The number of nitrogens with zero attached hydrogens (tertiary/aromatic N) is 4. The number of hydrogen-bond acceptors (Lipinski definition) is 9. The molecule has 0 unspecified atom stereocenters. The van der Waals surface area contributed by atoms with Gasteiger partial charge in [0.05, 0.1) is 10.3 Å². The van der Waals surface area contributed by atoms with Gasteiger partial charge in [-0.1, -0.05) is 35.5 Å². The largest absolute Gasteiger partial charge is 0.368 e. The summed E-state index contributed by atoms with van der Waals surface area (Å²) in [5, 5.41) is 28.7. The van der Waals surface area contributed by atoms with Crippen LogP contribution in [0.4, 0.5) is 11.5 Å². The van der Waals surface area contributed by atoms with Gasteiger partial charge in [-0.15, -0.1) is 0 Å². The van der Waals surface area contributed by atoms with E-state index in [2.05, 4.69) is 31.0 Å². The Morgan fingerprint density at radius 2 is 1.91 bits per heavy atom. The Morgan fingerprint density at radius 1 is 1.09 bits per heavy atom. The minimum Gasteiger partial charge on any atom is -0.368 e. The summed E-state index contributed by atoms with van der Waals surface area (Å²) in [6.07, 6.45) is 1.92. The van der Waals surface area contributed by atoms with Crippen molar-refractivity contribution in [2.45, 2.75) is 25.7 Å². The van der Waals surface area contributed by atoms with Gasteiger partial charge in [0, 0.05) is 49.0 Å². The molecule has 0 radical (unpaired) electrons. The molecule has 1 amide bonds. The van der Waals surface area contributed by atoms with Crippen LogP contribution in [0.1, 0.15) is 25.2 Å². The summed E-state index contributed by atoms with van der Waals surface area (Å²) in [7, 11) is 0. The predicted octanol–water partition coefficient (Wildman–Crippen LogP) is 2.82. The van der Waals surface area contributed by atoms with Crippen LogP contribution in [0.3, 0.4) is 0 Å². The second kappa shape index (κ2) is 11.0. The Hall–Kier alpha value is -4.61. The number of nitrogens with one attached hydrogen (secondary N) is 3. The third-order valence-electron chi connectivity index (χ3n) is 5.24. The van der Waals surface area contributed by atoms with E-state index in [0.29, 0.717) is 61.4 Å². The van der Waals surface area contributed by atoms with Crippen LogP contribution in [-0.2, 0) is 11.2 Å². The van der Waals surface area contributed by atoms with Crippen molar-refractivity contribution in [2.24, 2.45) is 0 Å². The minimum absolute atomic E-state index is 0.0518. The fourth-order valence-corrected chi connectivity index (χ4v) is 3.49. The van der Waals surface area contributed by atoms with E-state index >= 15 is 0 Å². The van der Waals surface area contributed by atoms with Gasteiger partial charge in [0.1, 0.15) is 0 Å². The van der Waals surface area contributed by atoms with Gasteiger partial charge < -0.3 is 15.2 Å². The van der Waals surface area contributed by atoms with E-state index < -0.39 is 4.92 Å². The topological polar surface area (TPSA) is 169 Å². The number of non-ortho nitro benzene ring substituents is 1. The van der Waals surface area contributed by atoms with Crippen LogP contribution in [0.2, 0.25) is 0 Å². The molecule has 0 spiro atoms. The van der Waals surface area contributed by atoms with Crippen molar-refractivity contribution >= 4 is 28.2 Å². The van der Waals surface area contributed by atoms with Crippen LogP contribution in [0.15, 0.2) is 57.8 Å². The zero-order valence-electron chi connectivity index (χ0n) is 18.7. The molecule has 0 aliphatic rings. The number of aromatic nitrogens is 4. The number of benzene rings is 2. The maximum absolute atomic E-state index is 12.1. The highest BCUT2D eigenvalue weighted by Gasteiger charge is 2.13. The quantitative estimate of drug-likeness (QED) is 0.167. The summed E-state index contributed by atoms with van der Waals surface area (Å²) in [5.74, 6) is 1.14. The number of hydrogen-bond donors (Lipinski definition) is 3. The van der Waals surface area contributed by atoms with Gasteiger partial charge in [0.2, 0.25) is 17.6 Å². The normalized spacial score (nSPS) is 10.9. The summed E-state index contributed by atoms with van der Waals surface area (Å²) >= 11 is 0. The Balaban J connectivity index is 1.16. The van der Waals surface area contributed by atoms with E-state index in [4.69, 9.17) is 4.52 Å². The van der Waals surface area contributed by atoms with Gasteiger partial charge >= 0.3 is 0 Å². The lowest BCUT2D eigenvalue weighted by Crippen LogP contribution is -2.25. The number of anilines is 1. The number of rotatable bonds is 11. The summed E-state index contributed by atoms with van der Waals surface area (Å²) in [4.78, 5) is 38.6. The minimum atomic E-state index is -0.484. The molecular weight excluding hydrogens is 454 g/mol. The van der Waals surface area contributed by atoms with E-state index in [0.717, 1.165) is 5.39 Å². The molecule has 0 saturated heterocycles. The van der Waals surface area contributed by atoms with E-state index in [1.54, 1.807) is 24.3 Å². The lowest BCUT2D eigenvalue weighted by Gasteiger charge is -2.08. The Kier molecular flexibility index (Phi) is 7.40. The molecule has 35 heavy (non-hydrogen) atoms. The van der Waals surface area contributed by atoms with E-state index in [9.17, 15) is 19.7 Å². The van der Waals surface area contributed by atoms with Crippen molar-refractivity contribution in [3.8, 4) is 11.4 Å². The number of H-pyrrole nitrogens is 1. The van der Waals surface area contributed by atoms with Crippen LogP contribution >= 0.6 is 0 Å². The fourth-order valence-electron chi connectivity index (χ4n) is 3.49. The Bertz CT molecular complexity index is 1400. The highest BCUT2D eigenvalue weighted by Crippen LogP contribution is 2.21. The van der Waals surface area contributed by atoms with E-state index in [1.165, 1.54) is 12.1 Å². The van der Waals surface area contributed by atoms with Gasteiger partial charge in [-0.3, -0.25) is 19.7 Å². The van der Waals surface area contributed by atoms with Gasteiger partial charge in [0.25, 0.3) is 11.2 Å². The molecule has 4 aromatic rings. The van der Waals surface area contributed by atoms with Gasteiger partial charge in [-0.2, -0.15) is 10.1 Å². The van der Waals surface area contributed by atoms with Crippen molar-refractivity contribution in [3.63, 3.8) is 0 Å². The average molecular weight is 477 g/mol. The van der Waals surface area contributed by atoms with Crippen LogP contribution in [0, 0.1) is 10.1 Å². The first-order valence-corrected chi connectivity index (χ1v) is 11.1. The Labute approximate surface area is 198 Å². The van der Waals surface area contributed by atoms with Crippen molar-refractivity contribution < 1.29 is 14.2 Å². The SMILES string of the molecule is O=C(CCCc1nc(-c2cccc([N+](=O)[O-])c2)no1)NCCCNc1n[nH]c(=O)c2ccccc12. The van der Waals surface area contributed by atoms with Crippen LogP contribution < -0.4 is 16.2 Å². The molecule has 4 rings (SSSR count). The molecule has 0 aliphatic carbocycles. The first-order valence-electron chi connectivity index (χ1n) is 11.1. The maximum atomic E-state index is 12.1. The summed E-state index contributed by atoms with van der Waals surface area (Å²) in [6, 6.07) is 13.2. The van der Waals surface area contributed by atoms with Gasteiger partial charge in [0.15, 0.2) is 5.82 Å². The smallest absolute Gasteiger partial charge is 0.272 e. The first-order chi connectivity index (χ1) is 17.0. The molecule has 3 N–H and O–H groups in total. The molecule has 2 heterocycles. The molecule has 0 fully saturated rings. The first kappa shape index (κ1) is 23.5. The third kappa shape index (κ3) is 6.05. The molecule has 180 valence electrons. The second-order valence-electron chi connectivity index (χ2n) is 7.75. The third-order valence-corrected chi connectivity index (χ3v) is 5.24. The number of nitro benzene ring substituents is 1. The summed E-state index contributed by atoms with van der Waals surface area (Å²) < 4.78 is 5.20. The molecule has 2 aromatic carbocycles. The highest BCUT2D eigenvalue weighted by molar-refractivity contribution is 5.90. The number of carbonyl (C=O) groups is 1. The lowest BCUT2D eigenvalue weighted by atomic mass is 10.2. The molecule has 0 atom stereocenters. The molecular formula is C23H23N7O5. The molecule has 0 bridgehead atoms. The molecule has 12 nitrogen and oxygen atoms in total. The van der Waals surface area contributed by atoms with Crippen molar-refractivity contribution in [1.29, 1.82) is 0 Å². The maximum Gasteiger partial charge on any atom is 0.272 e. The highest BCUT2D eigenvalue weighted by atomic mass is 16.6. The number of fused-ring (bicyclic) bond motifs is 1. The molecule has 0 aliphatic heterocycles. The van der Waals surface area contributed by atoms with Crippen molar-refractivity contribution in [1.82, 2.24) is 25.7 Å². The summed E-state index contributed by atoms with van der Waals surface area (Å²) in [5.41, 5.74) is 0.203. The average Bonchev–Trinajstić information content (AvgIpc) is 3.34. The van der Waals surface area contributed by atoms with Gasteiger partial charge in [-0.05, 0) is 18.9 Å². The van der Waals surface area contributed by atoms with Gasteiger partial charge in [-0.25, -0.2) is 5.10 Å². The van der Waals surface area contributed by atoms with Crippen molar-refractivity contribution in [3.05, 3.63) is 74.9 Å². The summed E-state index contributed by atoms with van der Waals surface area (Å²) in [6.45, 7) is 1.07. The fraction of sp³-hybridized carbons (Fsp3) is 0.261. The van der Waals surface area contributed by atoms with E-state index in [-0.39, 0.29) is 23.0 Å². The second-order valence-corrected chi connectivity index (χ2v) is 7.75. The van der Waals surface area contributed by atoms with E-state index in [1.807, 2.05) is 12.1 Å². The molecule has 0 saturated carbocycles. The number of carbonyl (C=O) groups excluding carboxylic acids is 1. The predicted molar refractivity (Wildman–Crippen MR) is 128 cm³/mol. The van der Waals surface area contributed by atoms with Crippen LogP contribution in [0.25, 0.3) is 22.2 Å². The number of amides is 1. The van der Waals surface area contributed by atoms with Crippen LogP contribution in [-0.4, -0.2) is 44.3 Å². The molecule has 2 aromatic heterocycles. The monoisotopic (exact) mass is 477 g/mol. The number of aryl methyl sites for hydroxylation is 1. The zero-order chi connectivity index (χ0) is 24.6.